The Kier molecular flexibility index (Phi) is 4.59. The number of carbonyl (C=O) groups is 2. The number of pyridine rings is 1. The highest BCUT2D eigenvalue weighted by atomic mass is 16.5. The van der Waals surface area contributed by atoms with Gasteiger partial charge in [-0.15, -0.1) is 0 Å². The standard InChI is InChI=1S/C20H23N3O4/c1-26-17-9-14-12(8-15(17)19(21)25)4-6-22-20(14)27-7-5-16-13(11-2-3-11)10-18(24)23-16/h4,6,8-9,11,13,16H,2-3,5,7,10H2,1H3,(H2,21,25)(H,23,24)/t13-,16+/m0/s1. The number of primary amides is 1. The van der Waals surface area contributed by atoms with Crippen LogP contribution in [0, 0.1) is 11.8 Å². The number of hydrogen-bond donors (Lipinski definition) is 2. The van der Waals surface area contributed by atoms with Crippen molar-refractivity contribution in [3.63, 3.8) is 0 Å². The monoisotopic (exact) mass is 369 g/mol. The average Bonchev–Trinajstić information content (AvgIpc) is 3.43. The normalized spacial score (nSPS) is 21.9. The van der Waals surface area contributed by atoms with Gasteiger partial charge in [0.25, 0.3) is 5.91 Å². The first-order valence-electron chi connectivity index (χ1n) is 9.25. The van der Waals surface area contributed by atoms with E-state index < -0.39 is 5.91 Å². The second-order valence-corrected chi connectivity index (χ2v) is 7.27. The van der Waals surface area contributed by atoms with Gasteiger partial charge < -0.3 is 20.5 Å². The molecule has 7 nitrogen and oxygen atoms in total. The molecule has 1 saturated heterocycles. The van der Waals surface area contributed by atoms with Crippen LogP contribution in [-0.2, 0) is 4.79 Å². The highest BCUT2D eigenvalue weighted by Crippen LogP contribution is 2.43. The van der Waals surface area contributed by atoms with Gasteiger partial charge >= 0.3 is 0 Å². The maximum atomic E-state index is 11.7. The van der Waals surface area contributed by atoms with Crippen LogP contribution in [0.15, 0.2) is 24.4 Å². The van der Waals surface area contributed by atoms with Crippen molar-refractivity contribution in [2.45, 2.75) is 31.7 Å². The minimum atomic E-state index is -0.545. The van der Waals surface area contributed by atoms with Crippen molar-refractivity contribution in [1.82, 2.24) is 10.3 Å². The number of rotatable bonds is 7. The van der Waals surface area contributed by atoms with E-state index in [0.717, 1.165) is 17.2 Å². The van der Waals surface area contributed by atoms with Crippen LogP contribution >= 0.6 is 0 Å². The van der Waals surface area contributed by atoms with E-state index in [1.54, 1.807) is 24.4 Å². The lowest BCUT2D eigenvalue weighted by molar-refractivity contribution is -0.119. The zero-order chi connectivity index (χ0) is 19.0. The second kappa shape index (κ2) is 7.06. The Bertz CT molecular complexity index is 894. The Morgan fingerprint density at radius 3 is 2.89 bits per heavy atom. The van der Waals surface area contributed by atoms with Crippen LogP contribution in [0.4, 0.5) is 0 Å². The summed E-state index contributed by atoms with van der Waals surface area (Å²) in [7, 11) is 1.49. The number of nitrogens with one attached hydrogen (secondary N) is 1. The minimum Gasteiger partial charge on any atom is -0.496 e. The van der Waals surface area contributed by atoms with Gasteiger partial charge in [0.15, 0.2) is 0 Å². The van der Waals surface area contributed by atoms with Crippen LogP contribution in [0.1, 0.15) is 36.0 Å². The first kappa shape index (κ1) is 17.6. The molecule has 0 bridgehead atoms. The van der Waals surface area contributed by atoms with Gasteiger partial charge in [-0.05, 0) is 48.3 Å². The summed E-state index contributed by atoms with van der Waals surface area (Å²) in [6.07, 6.45) is 5.48. The molecular weight excluding hydrogens is 346 g/mol. The van der Waals surface area contributed by atoms with Gasteiger partial charge in [-0.1, -0.05) is 0 Å². The average molecular weight is 369 g/mol. The number of aromatic nitrogens is 1. The highest BCUT2D eigenvalue weighted by Gasteiger charge is 2.42. The van der Waals surface area contributed by atoms with Gasteiger partial charge in [0, 0.05) is 30.5 Å². The predicted molar refractivity (Wildman–Crippen MR) is 99.7 cm³/mol. The topological polar surface area (TPSA) is 104 Å². The van der Waals surface area contributed by atoms with Crippen LogP contribution in [0.5, 0.6) is 11.6 Å². The molecule has 2 aromatic rings. The molecule has 1 aliphatic carbocycles. The van der Waals surface area contributed by atoms with Crippen molar-refractivity contribution in [3.8, 4) is 11.6 Å². The Labute approximate surface area is 157 Å². The molecule has 142 valence electrons. The molecule has 0 radical (unpaired) electrons. The fraction of sp³-hybridized carbons (Fsp3) is 0.450. The minimum absolute atomic E-state index is 0.143. The zero-order valence-electron chi connectivity index (χ0n) is 15.2. The van der Waals surface area contributed by atoms with Crippen LogP contribution in [0.3, 0.4) is 0 Å². The van der Waals surface area contributed by atoms with Gasteiger partial charge in [-0.2, -0.15) is 0 Å². The molecule has 2 heterocycles. The van der Waals surface area contributed by atoms with Crippen LogP contribution < -0.4 is 20.5 Å². The van der Waals surface area contributed by atoms with Crippen molar-refractivity contribution >= 4 is 22.6 Å². The summed E-state index contributed by atoms with van der Waals surface area (Å²) in [5.41, 5.74) is 5.74. The largest absolute Gasteiger partial charge is 0.496 e. The van der Waals surface area contributed by atoms with E-state index in [4.69, 9.17) is 15.2 Å². The maximum Gasteiger partial charge on any atom is 0.252 e. The molecule has 4 rings (SSSR count). The molecule has 27 heavy (non-hydrogen) atoms. The highest BCUT2D eigenvalue weighted by molar-refractivity contribution is 6.01. The number of benzene rings is 1. The molecule has 1 aromatic carbocycles. The predicted octanol–water partition coefficient (Wildman–Crippen LogP) is 2.03. The van der Waals surface area contributed by atoms with Gasteiger partial charge in [0.2, 0.25) is 11.8 Å². The Balaban J connectivity index is 1.50. The molecule has 1 aliphatic heterocycles. The number of carbonyl (C=O) groups excluding carboxylic acids is 2. The number of amides is 2. The smallest absolute Gasteiger partial charge is 0.252 e. The molecule has 2 aliphatic rings. The summed E-state index contributed by atoms with van der Waals surface area (Å²) in [6, 6.07) is 5.39. The fourth-order valence-electron chi connectivity index (χ4n) is 3.97. The second-order valence-electron chi connectivity index (χ2n) is 7.27. The summed E-state index contributed by atoms with van der Waals surface area (Å²) in [4.78, 5) is 27.7. The number of methoxy groups -OCH3 is 1. The number of nitrogens with zero attached hydrogens (tertiary/aromatic N) is 1. The summed E-state index contributed by atoms with van der Waals surface area (Å²) >= 11 is 0. The number of ether oxygens (including phenoxy) is 2. The lowest BCUT2D eigenvalue weighted by Gasteiger charge is -2.18. The molecule has 2 amide bonds. The molecule has 2 fully saturated rings. The Hall–Kier alpha value is -2.83. The molecule has 3 N–H and O–H groups in total. The van der Waals surface area contributed by atoms with Gasteiger partial charge in [0.05, 0.1) is 19.3 Å². The molecule has 7 heteroatoms. The van der Waals surface area contributed by atoms with Crippen molar-refractivity contribution in [2.24, 2.45) is 17.6 Å². The summed E-state index contributed by atoms with van der Waals surface area (Å²) in [5, 5.41) is 4.64. The third-order valence-electron chi connectivity index (χ3n) is 5.49. The van der Waals surface area contributed by atoms with Gasteiger partial charge in [-0.25, -0.2) is 4.98 Å². The van der Waals surface area contributed by atoms with Crippen LogP contribution in [0.2, 0.25) is 0 Å². The summed E-state index contributed by atoms with van der Waals surface area (Å²) < 4.78 is 11.2. The van der Waals surface area contributed by atoms with Crippen molar-refractivity contribution in [3.05, 3.63) is 30.0 Å². The van der Waals surface area contributed by atoms with E-state index in [9.17, 15) is 9.59 Å². The molecule has 1 aromatic heterocycles. The van der Waals surface area contributed by atoms with E-state index in [1.807, 2.05) is 0 Å². The lowest BCUT2D eigenvalue weighted by Crippen LogP contribution is -2.31. The van der Waals surface area contributed by atoms with Gasteiger partial charge in [-0.3, -0.25) is 9.59 Å². The first-order valence-corrected chi connectivity index (χ1v) is 9.25. The Morgan fingerprint density at radius 1 is 1.37 bits per heavy atom. The Morgan fingerprint density at radius 2 is 2.19 bits per heavy atom. The summed E-state index contributed by atoms with van der Waals surface area (Å²) in [5.74, 6) is 1.58. The zero-order valence-corrected chi connectivity index (χ0v) is 15.2. The third-order valence-corrected chi connectivity index (χ3v) is 5.49. The molecular formula is C20H23N3O4. The lowest BCUT2D eigenvalue weighted by atomic mass is 9.93. The number of nitrogens with two attached hydrogens (primary N) is 1. The van der Waals surface area contributed by atoms with Crippen LogP contribution in [-0.4, -0.2) is 36.6 Å². The number of hydrogen-bond acceptors (Lipinski definition) is 5. The SMILES string of the molecule is COc1cc2c(OCC[C@H]3NC(=O)C[C@H]3C3CC3)nccc2cc1C(N)=O. The molecule has 1 saturated carbocycles. The van der Waals surface area contributed by atoms with E-state index >= 15 is 0 Å². The maximum absolute atomic E-state index is 11.7. The van der Waals surface area contributed by atoms with Crippen molar-refractivity contribution in [1.29, 1.82) is 0 Å². The van der Waals surface area contributed by atoms with E-state index in [2.05, 4.69) is 10.3 Å². The van der Waals surface area contributed by atoms with E-state index in [0.29, 0.717) is 42.1 Å². The molecule has 0 spiro atoms. The van der Waals surface area contributed by atoms with E-state index in [-0.39, 0.29) is 11.9 Å². The van der Waals surface area contributed by atoms with Crippen molar-refractivity contribution < 1.29 is 19.1 Å². The number of fused-ring (bicyclic) bond motifs is 1. The molecule has 0 unspecified atom stereocenters. The van der Waals surface area contributed by atoms with Crippen LogP contribution in [0.25, 0.3) is 10.8 Å². The van der Waals surface area contributed by atoms with E-state index in [1.165, 1.54) is 20.0 Å². The van der Waals surface area contributed by atoms with Crippen molar-refractivity contribution in [2.75, 3.05) is 13.7 Å². The third kappa shape index (κ3) is 3.54. The first-order chi connectivity index (χ1) is 13.1. The molecule has 2 atom stereocenters. The van der Waals surface area contributed by atoms with Gasteiger partial charge in [0.1, 0.15) is 5.75 Å². The quantitative estimate of drug-likeness (QED) is 0.777. The fourth-order valence-corrected chi connectivity index (χ4v) is 3.97. The summed E-state index contributed by atoms with van der Waals surface area (Å²) in [6.45, 7) is 0.458.